The van der Waals surface area contributed by atoms with Crippen LogP contribution in [0.15, 0.2) is 16.9 Å². The predicted molar refractivity (Wildman–Crippen MR) is 86.7 cm³/mol. The molecule has 0 spiro atoms. The minimum absolute atomic E-state index is 0.0208. The zero-order chi connectivity index (χ0) is 16.8. The number of rotatable bonds is 3. The van der Waals surface area contributed by atoms with E-state index in [0.29, 0.717) is 11.1 Å². The van der Waals surface area contributed by atoms with Crippen molar-refractivity contribution in [3.05, 3.63) is 45.2 Å². The molecule has 0 unspecified atom stereocenters. The van der Waals surface area contributed by atoms with Crippen molar-refractivity contribution in [2.75, 3.05) is 0 Å². The maximum atomic E-state index is 13.7. The number of halogens is 2. The molecule has 1 aromatic carbocycles. The maximum absolute atomic E-state index is 13.7. The van der Waals surface area contributed by atoms with Gasteiger partial charge < -0.3 is 4.57 Å². The third-order valence-corrected chi connectivity index (χ3v) is 3.96. The molecule has 0 saturated heterocycles. The van der Waals surface area contributed by atoms with Crippen LogP contribution in [0.2, 0.25) is 0 Å². The quantitative estimate of drug-likeness (QED) is 0.772. The highest BCUT2D eigenvalue weighted by Gasteiger charge is 2.23. The van der Waals surface area contributed by atoms with E-state index in [1.54, 1.807) is 0 Å². The molecular weight excluding hydrogens is 284 g/mol. The Morgan fingerprint density at radius 3 is 1.91 bits per heavy atom. The maximum Gasteiger partial charge on any atom is 0.193 e. The molecule has 22 heavy (non-hydrogen) atoms. The van der Waals surface area contributed by atoms with Crippen LogP contribution in [-0.4, -0.2) is 4.57 Å². The molecule has 0 N–H and O–H groups in total. The number of hydrogen-bond donors (Lipinski definition) is 0. The molecule has 0 fully saturated rings. The number of hydrogen-bond acceptors (Lipinski definition) is 1. The molecule has 1 heterocycles. The predicted octanol–water partition coefficient (Wildman–Crippen LogP) is 5.11. The van der Waals surface area contributed by atoms with Crippen LogP contribution in [0.25, 0.3) is 10.9 Å². The fourth-order valence-corrected chi connectivity index (χ4v) is 3.14. The minimum Gasteiger partial charge on any atom is -0.341 e. The smallest absolute Gasteiger partial charge is 0.193 e. The summed E-state index contributed by atoms with van der Waals surface area (Å²) in [6, 6.07) is 2.21. The van der Waals surface area contributed by atoms with E-state index in [9.17, 15) is 13.6 Å². The first-order valence-corrected chi connectivity index (χ1v) is 7.73. The highest BCUT2D eigenvalue weighted by Crippen LogP contribution is 2.31. The van der Waals surface area contributed by atoms with Crippen LogP contribution in [-0.2, 0) is 0 Å². The number of aromatic nitrogens is 1. The van der Waals surface area contributed by atoms with E-state index in [4.69, 9.17) is 0 Å². The van der Waals surface area contributed by atoms with Crippen LogP contribution in [0.4, 0.5) is 8.78 Å². The zero-order valence-electron chi connectivity index (χ0n) is 14.0. The largest absolute Gasteiger partial charge is 0.341 e. The first-order chi connectivity index (χ1) is 10.2. The molecule has 2 aromatic rings. The van der Waals surface area contributed by atoms with Crippen molar-refractivity contribution < 1.29 is 8.78 Å². The summed E-state index contributed by atoms with van der Waals surface area (Å²) in [5.74, 6) is -1.77. The van der Waals surface area contributed by atoms with Crippen LogP contribution in [0.3, 0.4) is 0 Å². The second-order valence-electron chi connectivity index (χ2n) is 6.68. The van der Waals surface area contributed by atoms with Crippen molar-refractivity contribution in [2.45, 2.75) is 59.4 Å². The topological polar surface area (TPSA) is 22.0 Å². The molecule has 0 aliphatic carbocycles. The Balaban J connectivity index is 3.14. The van der Waals surface area contributed by atoms with Crippen molar-refractivity contribution in [2.24, 2.45) is 0 Å². The van der Waals surface area contributed by atoms with Gasteiger partial charge in [-0.1, -0.05) is 27.7 Å². The number of fused-ring (bicyclic) bond motifs is 1. The first kappa shape index (κ1) is 16.7. The minimum atomic E-state index is -0.980. The lowest BCUT2D eigenvalue weighted by Crippen LogP contribution is -2.24. The average Bonchev–Trinajstić information content (AvgIpc) is 2.39. The lowest BCUT2D eigenvalue weighted by Gasteiger charge is -2.27. The van der Waals surface area contributed by atoms with Gasteiger partial charge in [-0.05, 0) is 31.7 Å². The summed E-state index contributed by atoms with van der Waals surface area (Å²) in [6.45, 7) is 11.9. The van der Waals surface area contributed by atoms with E-state index in [0.717, 1.165) is 17.8 Å². The molecule has 120 valence electrons. The molecular formula is C18H23F2NO. The Bertz CT molecular complexity index is 773. The van der Waals surface area contributed by atoms with Gasteiger partial charge in [-0.3, -0.25) is 4.79 Å². The molecule has 0 aliphatic heterocycles. The summed E-state index contributed by atoms with van der Waals surface area (Å²) in [5.41, 5.74) is 1.88. The molecule has 4 heteroatoms. The molecule has 1 aromatic heterocycles. The summed E-state index contributed by atoms with van der Waals surface area (Å²) in [6.07, 6.45) is 0. The Morgan fingerprint density at radius 2 is 1.45 bits per heavy atom. The van der Waals surface area contributed by atoms with Gasteiger partial charge in [-0.25, -0.2) is 8.78 Å². The van der Waals surface area contributed by atoms with E-state index in [1.807, 2.05) is 46.1 Å². The molecule has 2 rings (SSSR count). The Kier molecular flexibility index (Phi) is 4.41. The lowest BCUT2D eigenvalue weighted by atomic mass is 9.92. The van der Waals surface area contributed by atoms with E-state index in [1.165, 1.54) is 0 Å². The van der Waals surface area contributed by atoms with Crippen LogP contribution in [0.5, 0.6) is 0 Å². The van der Waals surface area contributed by atoms with Crippen molar-refractivity contribution in [3.63, 3.8) is 0 Å². The van der Waals surface area contributed by atoms with Gasteiger partial charge in [-0.2, -0.15) is 0 Å². The molecule has 0 saturated carbocycles. The summed E-state index contributed by atoms with van der Waals surface area (Å²) in [5, 5.41) is 0.251. The average molecular weight is 307 g/mol. The number of benzene rings is 1. The van der Waals surface area contributed by atoms with E-state index < -0.39 is 11.6 Å². The monoisotopic (exact) mass is 307 g/mol. The van der Waals surface area contributed by atoms with Crippen molar-refractivity contribution >= 4 is 10.9 Å². The Hall–Kier alpha value is -1.71. The Labute approximate surface area is 129 Å². The third-order valence-electron chi connectivity index (χ3n) is 3.96. The second kappa shape index (κ2) is 5.82. The standard InChI is InChI=1S/C18H23F2NO/c1-9(2)16-17(10(3)4)21(11(5)6)15-8-14(20)13(19)7-12(15)18(16)22/h7-11H,1-6H3. The van der Waals surface area contributed by atoms with E-state index >= 15 is 0 Å². The highest BCUT2D eigenvalue weighted by atomic mass is 19.2. The SMILES string of the molecule is CC(C)c1c(C(C)C)n(C(C)C)c2cc(F)c(F)cc2c1=O. The first-order valence-electron chi connectivity index (χ1n) is 7.73. The summed E-state index contributed by atoms with van der Waals surface area (Å²) in [7, 11) is 0. The van der Waals surface area contributed by atoms with Crippen LogP contribution < -0.4 is 5.43 Å². The second-order valence-corrected chi connectivity index (χ2v) is 6.68. The van der Waals surface area contributed by atoms with Gasteiger partial charge in [0.05, 0.1) is 5.52 Å². The summed E-state index contributed by atoms with van der Waals surface area (Å²) < 4.78 is 29.3. The lowest BCUT2D eigenvalue weighted by molar-refractivity contribution is 0.507. The van der Waals surface area contributed by atoms with Crippen molar-refractivity contribution in [1.82, 2.24) is 4.57 Å². The van der Waals surface area contributed by atoms with Gasteiger partial charge >= 0.3 is 0 Å². The number of nitrogens with zero attached hydrogens (tertiary/aromatic N) is 1. The van der Waals surface area contributed by atoms with Gasteiger partial charge in [0.1, 0.15) is 0 Å². The normalized spacial score (nSPS) is 12.1. The van der Waals surface area contributed by atoms with Crippen LogP contribution >= 0.6 is 0 Å². The fourth-order valence-electron chi connectivity index (χ4n) is 3.14. The Morgan fingerprint density at radius 1 is 0.909 bits per heavy atom. The van der Waals surface area contributed by atoms with Crippen molar-refractivity contribution in [1.29, 1.82) is 0 Å². The zero-order valence-corrected chi connectivity index (χ0v) is 14.0. The third kappa shape index (κ3) is 2.55. The summed E-state index contributed by atoms with van der Waals surface area (Å²) in [4.78, 5) is 12.8. The van der Waals surface area contributed by atoms with Gasteiger partial charge in [0.15, 0.2) is 17.1 Å². The molecule has 0 radical (unpaired) electrons. The fraction of sp³-hybridized carbons (Fsp3) is 0.500. The van der Waals surface area contributed by atoms with Gasteiger partial charge in [0.25, 0.3) is 0 Å². The van der Waals surface area contributed by atoms with E-state index in [-0.39, 0.29) is 28.7 Å². The number of pyridine rings is 1. The highest BCUT2D eigenvalue weighted by molar-refractivity contribution is 5.81. The van der Waals surface area contributed by atoms with Gasteiger partial charge in [0.2, 0.25) is 0 Å². The molecule has 0 bridgehead atoms. The summed E-state index contributed by atoms with van der Waals surface area (Å²) >= 11 is 0. The van der Waals surface area contributed by atoms with Crippen LogP contribution in [0, 0.1) is 11.6 Å². The molecule has 0 amide bonds. The molecule has 0 aliphatic rings. The molecule has 0 atom stereocenters. The molecule has 2 nitrogen and oxygen atoms in total. The van der Waals surface area contributed by atoms with Crippen LogP contribution in [0.1, 0.15) is 70.7 Å². The van der Waals surface area contributed by atoms with Crippen molar-refractivity contribution in [3.8, 4) is 0 Å². The van der Waals surface area contributed by atoms with Gasteiger partial charge in [0, 0.05) is 28.8 Å². The van der Waals surface area contributed by atoms with E-state index in [2.05, 4.69) is 0 Å². The van der Waals surface area contributed by atoms with Gasteiger partial charge in [-0.15, -0.1) is 0 Å².